The van der Waals surface area contributed by atoms with Crippen LogP contribution in [0.25, 0.3) is 0 Å². The fourth-order valence-electron chi connectivity index (χ4n) is 1.73. The van der Waals surface area contributed by atoms with Crippen LogP contribution in [0.4, 0.5) is 5.69 Å². The van der Waals surface area contributed by atoms with Crippen molar-refractivity contribution in [3.05, 3.63) is 68.2 Å². The van der Waals surface area contributed by atoms with Gasteiger partial charge in [0.1, 0.15) is 5.75 Å². The number of hydrogen-bond donors (Lipinski definition) is 0. The van der Waals surface area contributed by atoms with E-state index in [9.17, 15) is 14.9 Å². The zero-order chi connectivity index (χ0) is 15.4. The summed E-state index contributed by atoms with van der Waals surface area (Å²) in [6.07, 6.45) is 0. The van der Waals surface area contributed by atoms with Crippen molar-refractivity contribution in [2.45, 2.75) is 6.92 Å². The van der Waals surface area contributed by atoms with Gasteiger partial charge in [0.2, 0.25) is 0 Å². The molecule has 0 heterocycles. The zero-order valence-corrected chi connectivity index (χ0v) is 12.8. The highest BCUT2D eigenvalue weighted by Gasteiger charge is 2.11. The number of carbonyl (C=O) groups excluding carboxylic acids is 1. The van der Waals surface area contributed by atoms with Crippen LogP contribution in [0.2, 0.25) is 0 Å². The number of ketones is 1. The Kier molecular flexibility index (Phi) is 4.70. The number of non-ortho nitro benzene ring substituents is 1. The fraction of sp³-hybridized carbons (Fsp3) is 0.133. The molecule has 0 aromatic heterocycles. The molecular formula is C15H12BrNO4. The molecule has 21 heavy (non-hydrogen) atoms. The van der Waals surface area contributed by atoms with E-state index in [0.29, 0.717) is 11.3 Å². The van der Waals surface area contributed by atoms with Crippen LogP contribution in [0, 0.1) is 17.0 Å². The number of hydrogen-bond acceptors (Lipinski definition) is 4. The van der Waals surface area contributed by atoms with Crippen LogP contribution < -0.4 is 4.74 Å². The average Bonchev–Trinajstić information content (AvgIpc) is 2.48. The van der Waals surface area contributed by atoms with Gasteiger partial charge in [0.15, 0.2) is 12.4 Å². The number of ether oxygens (including phenoxy) is 1. The zero-order valence-electron chi connectivity index (χ0n) is 11.2. The minimum atomic E-state index is -0.504. The number of carbonyl (C=O) groups is 1. The summed E-state index contributed by atoms with van der Waals surface area (Å²) in [6.45, 7) is 1.77. The first-order chi connectivity index (χ1) is 9.97. The molecule has 0 spiro atoms. The Labute approximate surface area is 129 Å². The van der Waals surface area contributed by atoms with Gasteiger partial charge in [-0.05, 0) is 36.8 Å². The number of benzene rings is 2. The van der Waals surface area contributed by atoms with E-state index in [1.807, 2.05) is 19.1 Å². The maximum Gasteiger partial charge on any atom is 0.269 e. The number of nitro groups is 1. The second-order valence-corrected chi connectivity index (χ2v) is 5.34. The number of nitrogens with zero attached hydrogens (tertiary/aromatic N) is 1. The lowest BCUT2D eigenvalue weighted by Gasteiger charge is -2.09. The van der Waals surface area contributed by atoms with Crippen LogP contribution in [0.3, 0.4) is 0 Å². The Morgan fingerprint density at radius 3 is 2.52 bits per heavy atom. The van der Waals surface area contributed by atoms with Crippen LogP contribution in [-0.4, -0.2) is 17.3 Å². The highest BCUT2D eigenvalue weighted by Crippen LogP contribution is 2.23. The van der Waals surface area contributed by atoms with E-state index in [1.54, 1.807) is 6.07 Å². The lowest BCUT2D eigenvalue weighted by atomic mass is 10.1. The first-order valence-electron chi connectivity index (χ1n) is 6.14. The Balaban J connectivity index is 2.04. The molecule has 0 N–H and O–H groups in total. The van der Waals surface area contributed by atoms with E-state index in [1.165, 1.54) is 24.3 Å². The average molecular weight is 350 g/mol. The molecule has 2 aromatic rings. The lowest BCUT2D eigenvalue weighted by Crippen LogP contribution is -2.12. The van der Waals surface area contributed by atoms with Gasteiger partial charge in [-0.1, -0.05) is 22.0 Å². The van der Waals surface area contributed by atoms with E-state index in [2.05, 4.69) is 15.9 Å². The molecule has 2 rings (SSSR count). The first kappa shape index (κ1) is 15.2. The van der Waals surface area contributed by atoms with E-state index < -0.39 is 4.92 Å². The summed E-state index contributed by atoms with van der Waals surface area (Å²) in [5, 5.41) is 10.6. The van der Waals surface area contributed by atoms with Crippen molar-refractivity contribution in [3.63, 3.8) is 0 Å². The van der Waals surface area contributed by atoms with Crippen molar-refractivity contribution in [2.75, 3.05) is 6.61 Å². The van der Waals surface area contributed by atoms with Crippen LogP contribution >= 0.6 is 15.9 Å². The van der Waals surface area contributed by atoms with Crippen molar-refractivity contribution in [1.29, 1.82) is 0 Å². The number of aryl methyl sites for hydroxylation is 1. The molecule has 0 unspecified atom stereocenters. The molecule has 5 nitrogen and oxygen atoms in total. The van der Waals surface area contributed by atoms with Gasteiger partial charge in [-0.3, -0.25) is 14.9 Å². The van der Waals surface area contributed by atoms with E-state index in [-0.39, 0.29) is 18.1 Å². The summed E-state index contributed by atoms with van der Waals surface area (Å²) in [7, 11) is 0. The predicted octanol–water partition coefficient (Wildman–Crippen LogP) is 3.93. The Bertz CT molecular complexity index is 683. The van der Waals surface area contributed by atoms with Gasteiger partial charge in [-0.15, -0.1) is 0 Å². The van der Waals surface area contributed by atoms with Gasteiger partial charge in [-0.25, -0.2) is 0 Å². The molecule has 0 saturated heterocycles. The largest absolute Gasteiger partial charge is 0.485 e. The van der Waals surface area contributed by atoms with Crippen molar-refractivity contribution < 1.29 is 14.5 Å². The molecule has 0 saturated carbocycles. The summed E-state index contributed by atoms with van der Waals surface area (Å²) < 4.78 is 6.36. The lowest BCUT2D eigenvalue weighted by molar-refractivity contribution is -0.384. The molecule has 0 atom stereocenters. The quantitative estimate of drug-likeness (QED) is 0.465. The Morgan fingerprint density at radius 1 is 1.24 bits per heavy atom. The molecule has 0 aliphatic carbocycles. The number of nitro benzene ring substituents is 1. The van der Waals surface area contributed by atoms with E-state index in [0.717, 1.165) is 10.0 Å². The number of rotatable bonds is 5. The SMILES string of the molecule is Cc1ccc(Br)cc1OCC(=O)c1ccc([N+](=O)[O-])cc1. The number of Topliss-reactive ketones (excluding diaryl/α,β-unsaturated/α-hetero) is 1. The molecule has 2 aromatic carbocycles. The van der Waals surface area contributed by atoms with E-state index in [4.69, 9.17) is 4.74 Å². The molecule has 0 aliphatic heterocycles. The van der Waals surface area contributed by atoms with Gasteiger partial charge in [-0.2, -0.15) is 0 Å². The smallest absolute Gasteiger partial charge is 0.269 e. The predicted molar refractivity (Wildman–Crippen MR) is 81.8 cm³/mol. The Morgan fingerprint density at radius 2 is 1.90 bits per heavy atom. The van der Waals surface area contributed by atoms with Crippen molar-refractivity contribution in [3.8, 4) is 5.75 Å². The van der Waals surface area contributed by atoms with Crippen LogP contribution in [0.1, 0.15) is 15.9 Å². The van der Waals surface area contributed by atoms with Crippen LogP contribution in [-0.2, 0) is 0 Å². The minimum absolute atomic E-state index is 0.0460. The van der Waals surface area contributed by atoms with E-state index >= 15 is 0 Å². The number of halogens is 1. The molecular weight excluding hydrogens is 338 g/mol. The van der Waals surface area contributed by atoms with Crippen molar-refractivity contribution >= 4 is 27.4 Å². The van der Waals surface area contributed by atoms with Gasteiger partial charge >= 0.3 is 0 Å². The topological polar surface area (TPSA) is 69.4 Å². The minimum Gasteiger partial charge on any atom is -0.485 e. The van der Waals surface area contributed by atoms with Crippen LogP contribution in [0.15, 0.2) is 46.9 Å². The molecule has 0 amide bonds. The Hall–Kier alpha value is -2.21. The molecule has 0 aliphatic rings. The molecule has 0 bridgehead atoms. The molecule has 6 heteroatoms. The maximum absolute atomic E-state index is 12.0. The third kappa shape index (κ3) is 3.88. The fourth-order valence-corrected chi connectivity index (χ4v) is 2.07. The molecule has 108 valence electrons. The normalized spacial score (nSPS) is 10.2. The second kappa shape index (κ2) is 6.49. The standard InChI is InChI=1S/C15H12BrNO4/c1-10-2-5-12(16)8-15(10)21-9-14(18)11-3-6-13(7-4-11)17(19)20/h2-8H,9H2,1H3. The second-order valence-electron chi connectivity index (χ2n) is 4.43. The van der Waals surface area contributed by atoms with Gasteiger partial charge in [0.05, 0.1) is 4.92 Å². The highest BCUT2D eigenvalue weighted by atomic mass is 79.9. The van der Waals surface area contributed by atoms with Crippen LogP contribution in [0.5, 0.6) is 5.75 Å². The summed E-state index contributed by atoms with van der Waals surface area (Å²) in [6, 6.07) is 11.0. The maximum atomic E-state index is 12.0. The summed E-state index contributed by atoms with van der Waals surface area (Å²) in [4.78, 5) is 22.0. The summed E-state index contributed by atoms with van der Waals surface area (Å²) in [5.74, 6) is 0.393. The third-order valence-corrected chi connectivity index (χ3v) is 3.40. The molecule has 0 radical (unpaired) electrons. The monoisotopic (exact) mass is 349 g/mol. The summed E-state index contributed by atoms with van der Waals surface area (Å²) in [5.41, 5.74) is 1.26. The van der Waals surface area contributed by atoms with Crippen molar-refractivity contribution in [2.24, 2.45) is 0 Å². The van der Waals surface area contributed by atoms with Gasteiger partial charge < -0.3 is 4.74 Å². The highest BCUT2D eigenvalue weighted by molar-refractivity contribution is 9.10. The third-order valence-electron chi connectivity index (χ3n) is 2.91. The van der Waals surface area contributed by atoms with Gasteiger partial charge in [0.25, 0.3) is 5.69 Å². The summed E-state index contributed by atoms with van der Waals surface area (Å²) >= 11 is 3.34. The van der Waals surface area contributed by atoms with Crippen molar-refractivity contribution in [1.82, 2.24) is 0 Å². The molecule has 0 fully saturated rings. The van der Waals surface area contributed by atoms with Gasteiger partial charge in [0, 0.05) is 22.2 Å². The first-order valence-corrected chi connectivity index (χ1v) is 6.93.